The molecule has 2 heterocycles. The molecule has 2 aliphatic rings. The Hall–Kier alpha value is -0.160. The summed E-state index contributed by atoms with van der Waals surface area (Å²) in [7, 11) is 1.79. The van der Waals surface area contributed by atoms with Crippen molar-refractivity contribution in [2.75, 3.05) is 40.0 Å². The Labute approximate surface area is 98.1 Å². The Bertz CT molecular complexity index is 211. The normalized spacial score (nSPS) is 37.5. The van der Waals surface area contributed by atoms with E-state index in [1.807, 2.05) is 0 Å². The van der Waals surface area contributed by atoms with E-state index in [0.29, 0.717) is 12.0 Å². The van der Waals surface area contributed by atoms with Crippen LogP contribution in [0, 0.1) is 5.92 Å². The van der Waals surface area contributed by atoms with Crippen LogP contribution >= 0.6 is 0 Å². The first-order chi connectivity index (χ1) is 7.81. The molecule has 3 atom stereocenters. The topological polar surface area (TPSA) is 47.7 Å². The van der Waals surface area contributed by atoms with Gasteiger partial charge in [0.15, 0.2) is 0 Å². The van der Waals surface area contributed by atoms with Crippen LogP contribution in [0.15, 0.2) is 0 Å². The van der Waals surface area contributed by atoms with Crippen molar-refractivity contribution in [3.05, 3.63) is 0 Å². The van der Waals surface area contributed by atoms with Gasteiger partial charge in [-0.1, -0.05) is 0 Å². The van der Waals surface area contributed by atoms with Crippen LogP contribution < -0.4 is 5.73 Å². The maximum atomic E-state index is 6.18. The molecule has 2 N–H and O–H groups in total. The molecule has 0 saturated carbocycles. The molecule has 0 amide bonds. The molecule has 2 rings (SSSR count). The summed E-state index contributed by atoms with van der Waals surface area (Å²) in [6.45, 7) is 4.80. The van der Waals surface area contributed by atoms with Gasteiger partial charge in [0, 0.05) is 32.3 Å². The zero-order valence-electron chi connectivity index (χ0n) is 10.2. The first-order valence-corrected chi connectivity index (χ1v) is 6.37. The van der Waals surface area contributed by atoms with Gasteiger partial charge < -0.3 is 15.2 Å². The molecular weight excluding hydrogens is 204 g/mol. The fourth-order valence-corrected chi connectivity index (χ4v) is 2.89. The first-order valence-electron chi connectivity index (χ1n) is 6.37. The van der Waals surface area contributed by atoms with Gasteiger partial charge in [-0.3, -0.25) is 4.90 Å². The van der Waals surface area contributed by atoms with Gasteiger partial charge in [-0.05, 0) is 31.7 Å². The monoisotopic (exact) mass is 228 g/mol. The van der Waals surface area contributed by atoms with Gasteiger partial charge in [0.2, 0.25) is 0 Å². The van der Waals surface area contributed by atoms with Gasteiger partial charge in [-0.15, -0.1) is 0 Å². The Morgan fingerprint density at radius 3 is 3.06 bits per heavy atom. The quantitative estimate of drug-likeness (QED) is 0.762. The van der Waals surface area contributed by atoms with Crippen LogP contribution in [0.2, 0.25) is 0 Å². The molecule has 0 aromatic carbocycles. The van der Waals surface area contributed by atoms with Crippen LogP contribution in [0.5, 0.6) is 0 Å². The lowest BCUT2D eigenvalue weighted by Crippen LogP contribution is -2.56. The van der Waals surface area contributed by atoms with Gasteiger partial charge in [0.25, 0.3) is 0 Å². The minimum absolute atomic E-state index is 0.287. The highest BCUT2D eigenvalue weighted by atomic mass is 16.5. The molecule has 94 valence electrons. The van der Waals surface area contributed by atoms with Gasteiger partial charge in [-0.2, -0.15) is 0 Å². The van der Waals surface area contributed by atoms with Crippen molar-refractivity contribution in [1.29, 1.82) is 0 Å². The Kier molecular flexibility index (Phi) is 4.58. The molecule has 2 saturated heterocycles. The zero-order valence-corrected chi connectivity index (χ0v) is 10.2. The number of likely N-dealkylation sites (tertiary alicyclic amines) is 1. The van der Waals surface area contributed by atoms with E-state index < -0.39 is 0 Å². The van der Waals surface area contributed by atoms with Gasteiger partial charge in [0.1, 0.15) is 0 Å². The number of rotatable bonds is 3. The molecule has 2 aliphatic heterocycles. The fourth-order valence-electron chi connectivity index (χ4n) is 2.89. The van der Waals surface area contributed by atoms with Crippen molar-refractivity contribution < 1.29 is 9.47 Å². The number of nitrogens with two attached hydrogens (primary N) is 1. The minimum atomic E-state index is 0.287. The summed E-state index contributed by atoms with van der Waals surface area (Å²) in [5, 5.41) is 0. The Morgan fingerprint density at radius 2 is 2.31 bits per heavy atom. The second-order valence-electron chi connectivity index (χ2n) is 5.05. The molecular formula is C12H24N2O2. The minimum Gasteiger partial charge on any atom is -0.384 e. The summed E-state index contributed by atoms with van der Waals surface area (Å²) in [6, 6.07) is 0.712. The number of hydrogen-bond donors (Lipinski definition) is 1. The number of methoxy groups -OCH3 is 1. The summed E-state index contributed by atoms with van der Waals surface area (Å²) in [5.74, 6) is 0.674. The fraction of sp³-hybridized carbons (Fsp3) is 1.00. The average Bonchev–Trinajstić information content (AvgIpc) is 2.30. The lowest BCUT2D eigenvalue weighted by Gasteiger charge is -2.42. The van der Waals surface area contributed by atoms with Crippen LogP contribution in [0.4, 0.5) is 0 Å². The lowest BCUT2D eigenvalue weighted by atomic mass is 9.94. The van der Waals surface area contributed by atoms with Crippen molar-refractivity contribution in [3.63, 3.8) is 0 Å². The number of ether oxygens (including phenoxy) is 2. The molecule has 0 radical (unpaired) electrons. The number of piperidine rings is 1. The summed E-state index contributed by atoms with van der Waals surface area (Å²) < 4.78 is 10.8. The lowest BCUT2D eigenvalue weighted by molar-refractivity contribution is -0.0172. The summed E-state index contributed by atoms with van der Waals surface area (Å²) >= 11 is 0. The molecule has 0 aromatic heterocycles. The molecule has 16 heavy (non-hydrogen) atoms. The third-order valence-electron chi connectivity index (χ3n) is 3.80. The predicted octanol–water partition coefficient (Wildman–Crippen LogP) is 0.461. The largest absolute Gasteiger partial charge is 0.384 e. The van der Waals surface area contributed by atoms with E-state index in [4.69, 9.17) is 15.2 Å². The first kappa shape index (κ1) is 12.3. The molecule has 0 spiro atoms. The summed E-state index contributed by atoms with van der Waals surface area (Å²) in [4.78, 5) is 2.51. The third kappa shape index (κ3) is 2.94. The highest BCUT2D eigenvalue weighted by Crippen LogP contribution is 2.22. The van der Waals surface area contributed by atoms with E-state index in [9.17, 15) is 0 Å². The Balaban J connectivity index is 1.87. The van der Waals surface area contributed by atoms with Crippen LogP contribution in [-0.4, -0.2) is 57.0 Å². The van der Waals surface area contributed by atoms with Crippen molar-refractivity contribution in [2.24, 2.45) is 11.7 Å². The molecule has 2 fully saturated rings. The summed E-state index contributed by atoms with van der Waals surface area (Å²) in [5.41, 5.74) is 6.18. The standard InChI is InChI=1S/C12H24N2O2/c1-15-8-10-3-2-5-14(7-10)12-9-16-6-4-11(12)13/h10-12H,2-9,13H2,1H3. The highest BCUT2D eigenvalue weighted by Gasteiger charge is 2.31. The van der Waals surface area contributed by atoms with Crippen LogP contribution in [0.25, 0.3) is 0 Å². The van der Waals surface area contributed by atoms with Gasteiger partial charge in [-0.25, -0.2) is 0 Å². The van der Waals surface area contributed by atoms with E-state index in [1.54, 1.807) is 7.11 Å². The highest BCUT2D eigenvalue weighted by molar-refractivity contribution is 4.87. The smallest absolute Gasteiger partial charge is 0.0636 e. The Morgan fingerprint density at radius 1 is 1.44 bits per heavy atom. The molecule has 0 aliphatic carbocycles. The number of hydrogen-bond acceptors (Lipinski definition) is 4. The summed E-state index contributed by atoms with van der Waals surface area (Å²) in [6.07, 6.45) is 3.54. The van der Waals surface area contributed by atoms with Crippen LogP contribution in [0.3, 0.4) is 0 Å². The number of nitrogens with zero attached hydrogens (tertiary/aromatic N) is 1. The van der Waals surface area contributed by atoms with E-state index in [-0.39, 0.29) is 6.04 Å². The van der Waals surface area contributed by atoms with Crippen molar-refractivity contribution in [1.82, 2.24) is 4.90 Å². The maximum absolute atomic E-state index is 6.18. The van der Waals surface area contributed by atoms with Gasteiger partial charge >= 0.3 is 0 Å². The second-order valence-corrected chi connectivity index (χ2v) is 5.05. The molecule has 0 bridgehead atoms. The molecule has 4 nitrogen and oxygen atoms in total. The van der Waals surface area contributed by atoms with Crippen molar-refractivity contribution in [2.45, 2.75) is 31.3 Å². The van der Waals surface area contributed by atoms with Gasteiger partial charge in [0.05, 0.1) is 13.2 Å². The third-order valence-corrected chi connectivity index (χ3v) is 3.80. The predicted molar refractivity (Wildman–Crippen MR) is 63.4 cm³/mol. The van der Waals surface area contributed by atoms with E-state index in [1.165, 1.54) is 19.4 Å². The second kappa shape index (κ2) is 5.96. The van der Waals surface area contributed by atoms with Crippen LogP contribution in [0.1, 0.15) is 19.3 Å². The van der Waals surface area contributed by atoms with E-state index in [0.717, 1.165) is 32.8 Å². The average molecular weight is 228 g/mol. The van der Waals surface area contributed by atoms with Crippen LogP contribution in [-0.2, 0) is 9.47 Å². The molecule has 3 unspecified atom stereocenters. The van der Waals surface area contributed by atoms with E-state index >= 15 is 0 Å². The van der Waals surface area contributed by atoms with Crippen molar-refractivity contribution >= 4 is 0 Å². The SMILES string of the molecule is COCC1CCCN(C2COCCC2N)C1. The maximum Gasteiger partial charge on any atom is 0.0636 e. The van der Waals surface area contributed by atoms with Crippen molar-refractivity contribution in [3.8, 4) is 0 Å². The molecule has 4 heteroatoms. The van der Waals surface area contributed by atoms with E-state index in [2.05, 4.69) is 4.90 Å². The molecule has 0 aromatic rings. The zero-order chi connectivity index (χ0) is 11.4.